The van der Waals surface area contributed by atoms with Gasteiger partial charge < -0.3 is 0 Å². The number of rotatable bonds is 5. The Morgan fingerprint density at radius 2 is 2.08 bits per heavy atom. The van der Waals surface area contributed by atoms with Crippen molar-refractivity contribution in [2.45, 2.75) is 29.2 Å². The van der Waals surface area contributed by atoms with E-state index in [-0.39, 0.29) is 6.42 Å². The molecule has 0 aromatic rings. The van der Waals surface area contributed by atoms with Crippen LogP contribution < -0.4 is 4.14 Å². The number of carboxylic acid groups (broad SMARTS) is 1. The van der Waals surface area contributed by atoms with Crippen molar-refractivity contribution in [1.29, 1.82) is 0 Å². The first-order valence-electron chi connectivity index (χ1n) is 3.84. The fourth-order valence-electron chi connectivity index (χ4n) is 0.817. The van der Waals surface area contributed by atoms with E-state index in [0.717, 1.165) is 4.64 Å². The van der Waals surface area contributed by atoms with E-state index in [4.69, 9.17) is 9.24 Å². The van der Waals surface area contributed by atoms with E-state index < -0.39 is 29.0 Å². The van der Waals surface area contributed by atoms with Crippen molar-refractivity contribution in [3.8, 4) is 0 Å². The Morgan fingerprint density at radius 1 is 1.58 bits per heavy atom. The Bertz CT molecular complexity index is 152. The summed E-state index contributed by atoms with van der Waals surface area (Å²) in [5.41, 5.74) is 0. The Balaban J connectivity index is 3.76. The number of carbonyl (C=O) groups is 1. The average molecular weight is 255 g/mol. The summed E-state index contributed by atoms with van der Waals surface area (Å²) in [4.78, 5) is 10.2. The van der Waals surface area contributed by atoms with Crippen molar-refractivity contribution in [3.05, 3.63) is 0 Å². The van der Waals surface area contributed by atoms with Crippen LogP contribution in [-0.4, -0.2) is 20.5 Å². The third kappa shape index (κ3) is 5.74. The fraction of sp³-hybridized carbons (Fsp3) is 0.857. The summed E-state index contributed by atoms with van der Waals surface area (Å²) in [6, 6.07) is 0. The van der Waals surface area contributed by atoms with E-state index in [1.165, 1.54) is 0 Å². The Labute approximate surface area is 79.2 Å². The molecule has 0 aliphatic rings. The van der Waals surface area contributed by atoms with Gasteiger partial charge in [-0.05, 0) is 0 Å². The molecule has 0 amide bonds. The zero-order chi connectivity index (χ0) is 9.72. The summed E-state index contributed by atoms with van der Waals surface area (Å²) >= 11 is -2.15. The van der Waals surface area contributed by atoms with Gasteiger partial charge in [0.25, 0.3) is 0 Å². The van der Waals surface area contributed by atoms with Crippen LogP contribution in [0, 0.1) is 5.92 Å². The quantitative estimate of drug-likeness (QED) is 0.619. The summed E-state index contributed by atoms with van der Waals surface area (Å²) in [5.74, 6) is -0.507. The number of hydrogen-bond donors (Lipinski definition) is 3. The van der Waals surface area contributed by atoms with Crippen molar-refractivity contribution >= 4 is 5.97 Å². The molecule has 0 rings (SSSR count). The molecule has 0 saturated heterocycles. The third-order valence-electron chi connectivity index (χ3n) is 1.32. The minimum atomic E-state index is -2.15. The third-order valence-corrected chi connectivity index (χ3v) is 6.48. The van der Waals surface area contributed by atoms with Crippen molar-refractivity contribution in [2.24, 2.45) is 10.1 Å². The SMILES string of the molecule is CC(C)[CH2][Nb]([NH2])[C@@H](O)CC(=O)O. The number of hydrogen-bond acceptors (Lipinski definition) is 3. The van der Waals surface area contributed by atoms with Crippen molar-refractivity contribution < 1.29 is 33.7 Å². The van der Waals surface area contributed by atoms with Crippen LogP contribution in [0.1, 0.15) is 20.3 Å². The Morgan fingerprint density at radius 3 is 2.42 bits per heavy atom. The van der Waals surface area contributed by atoms with Gasteiger partial charge in [0, 0.05) is 0 Å². The zero-order valence-electron chi connectivity index (χ0n) is 7.40. The van der Waals surface area contributed by atoms with Crippen LogP contribution in [0.2, 0.25) is 4.64 Å². The summed E-state index contributed by atoms with van der Waals surface area (Å²) in [6.45, 7) is 4.05. The molecule has 1 atom stereocenters. The van der Waals surface area contributed by atoms with Crippen LogP contribution in [0.4, 0.5) is 0 Å². The summed E-state index contributed by atoms with van der Waals surface area (Å²) in [5, 5.41) is 17.7. The van der Waals surface area contributed by atoms with Crippen LogP contribution in [0.25, 0.3) is 0 Å². The standard InChI is InChI=1S/C4H9.C3H5O3.H2N.Nb/c1-4(2)3;4-2-1-3(5)6;;/h4H,1H2,2-3H3;2,4H,1H2,(H,5,6);1H2;/q;;-1;+1. The average Bonchev–Trinajstić information content (AvgIpc) is 1.84. The topological polar surface area (TPSA) is 83.5 Å². The number of aliphatic hydroxyl groups excluding tert-OH is 1. The monoisotopic (exact) mass is 255 g/mol. The minimum absolute atomic E-state index is 0.188. The van der Waals surface area contributed by atoms with Crippen LogP contribution >= 0.6 is 0 Å². The molecule has 0 aliphatic carbocycles. The van der Waals surface area contributed by atoms with Gasteiger partial charge in [-0.15, -0.1) is 0 Å². The van der Waals surface area contributed by atoms with Gasteiger partial charge in [-0.1, -0.05) is 0 Å². The van der Waals surface area contributed by atoms with E-state index in [1.54, 1.807) is 0 Å². The van der Waals surface area contributed by atoms with Gasteiger partial charge in [-0.3, -0.25) is 0 Å². The summed E-state index contributed by atoms with van der Waals surface area (Å²) < 4.78 is 5.82. The molecule has 5 heteroatoms. The molecule has 0 aromatic heterocycles. The first kappa shape index (κ1) is 12.1. The Hall–Kier alpha value is 0.130. The van der Waals surface area contributed by atoms with Crippen molar-refractivity contribution in [1.82, 2.24) is 0 Å². The second-order valence-corrected chi connectivity index (χ2v) is 8.06. The summed E-state index contributed by atoms with van der Waals surface area (Å²) in [7, 11) is 0. The van der Waals surface area contributed by atoms with E-state index in [1.807, 2.05) is 13.8 Å². The first-order valence-corrected chi connectivity index (χ1v) is 7.94. The first-order chi connectivity index (χ1) is 5.43. The van der Waals surface area contributed by atoms with Crippen LogP contribution in [-0.2, 0) is 23.5 Å². The predicted octanol–water partition coefficient (Wildman–Crippen LogP) is 0.346. The number of carboxylic acids is 1. The molecule has 12 heavy (non-hydrogen) atoms. The molecule has 0 unspecified atom stereocenters. The molecule has 0 aromatic carbocycles. The molecule has 0 spiro atoms. The molecule has 0 bridgehead atoms. The molecule has 4 nitrogen and oxygen atoms in total. The number of aliphatic hydroxyl groups is 1. The molecule has 0 saturated carbocycles. The number of aliphatic carboxylic acids is 1. The molecule has 0 heterocycles. The van der Waals surface area contributed by atoms with E-state index >= 15 is 0 Å². The van der Waals surface area contributed by atoms with Gasteiger partial charge in [0.1, 0.15) is 0 Å². The van der Waals surface area contributed by atoms with Crippen molar-refractivity contribution in [2.75, 3.05) is 0 Å². The molecule has 0 aliphatic heterocycles. The van der Waals surface area contributed by atoms with Crippen LogP contribution in [0.5, 0.6) is 0 Å². The molecule has 0 fully saturated rings. The van der Waals surface area contributed by atoms with Crippen molar-refractivity contribution in [3.63, 3.8) is 0 Å². The van der Waals surface area contributed by atoms with Gasteiger partial charge in [-0.25, -0.2) is 0 Å². The van der Waals surface area contributed by atoms with Gasteiger partial charge >= 0.3 is 79.0 Å². The van der Waals surface area contributed by atoms with Gasteiger partial charge in [0.05, 0.1) is 0 Å². The van der Waals surface area contributed by atoms with Gasteiger partial charge in [0.2, 0.25) is 0 Å². The molecular weight excluding hydrogens is 239 g/mol. The van der Waals surface area contributed by atoms with Crippen LogP contribution in [0.15, 0.2) is 0 Å². The van der Waals surface area contributed by atoms with Gasteiger partial charge in [-0.2, -0.15) is 0 Å². The fourth-order valence-corrected chi connectivity index (χ4v) is 4.45. The molecule has 0 radical (unpaired) electrons. The molecule has 72 valence electrons. The molecular formula is C7H16NNbO3. The maximum absolute atomic E-state index is 10.2. The van der Waals surface area contributed by atoms with E-state index in [9.17, 15) is 9.90 Å². The van der Waals surface area contributed by atoms with Gasteiger partial charge in [0.15, 0.2) is 0 Å². The van der Waals surface area contributed by atoms with Crippen LogP contribution in [0.3, 0.4) is 0 Å². The normalized spacial score (nSPS) is 13.8. The second kappa shape index (κ2) is 5.72. The Kier molecular flexibility index (Phi) is 5.78. The predicted molar refractivity (Wildman–Crippen MR) is 42.1 cm³/mol. The maximum atomic E-state index is 10.2. The van der Waals surface area contributed by atoms with E-state index in [0.29, 0.717) is 5.92 Å². The second-order valence-electron chi connectivity index (χ2n) is 3.17. The zero-order valence-corrected chi connectivity index (χ0v) is 9.59. The number of nitrogens with two attached hydrogens (primary N) is 1. The summed E-state index contributed by atoms with van der Waals surface area (Å²) in [6.07, 6.45) is -0.188. The molecule has 4 N–H and O–H groups in total. The van der Waals surface area contributed by atoms with E-state index in [2.05, 4.69) is 0 Å².